The van der Waals surface area contributed by atoms with Crippen molar-refractivity contribution in [3.05, 3.63) is 101 Å². The van der Waals surface area contributed by atoms with Gasteiger partial charge < -0.3 is 4.84 Å². The van der Waals surface area contributed by atoms with Gasteiger partial charge in [0.2, 0.25) is 0 Å². The van der Waals surface area contributed by atoms with Crippen LogP contribution >= 0.6 is 11.8 Å². The van der Waals surface area contributed by atoms with Crippen molar-refractivity contribution >= 4 is 29.5 Å². The minimum Gasteiger partial charge on any atom is -0.328 e. The average Bonchev–Trinajstić information content (AvgIpc) is 2.99. The molecule has 8 heteroatoms. The van der Waals surface area contributed by atoms with Gasteiger partial charge in [-0.2, -0.15) is 0 Å². The molecule has 1 heterocycles. The van der Waals surface area contributed by atoms with E-state index >= 15 is 0 Å². The molecular formula is C22H13F2NO4S. The van der Waals surface area contributed by atoms with E-state index in [1.807, 2.05) is 0 Å². The molecule has 0 saturated heterocycles. The summed E-state index contributed by atoms with van der Waals surface area (Å²) in [6, 6.07) is 17.4. The first-order valence-electron chi connectivity index (χ1n) is 8.82. The van der Waals surface area contributed by atoms with Gasteiger partial charge >= 0.3 is 5.97 Å². The number of thioether (sulfide) groups is 1. The second kappa shape index (κ2) is 8.08. The normalized spacial score (nSPS) is 13.9. The maximum atomic E-state index is 14.2. The molecule has 0 spiro atoms. The lowest BCUT2D eigenvalue weighted by atomic mass is 10.1. The molecule has 1 unspecified atom stereocenters. The second-order valence-electron chi connectivity index (χ2n) is 6.34. The Balaban J connectivity index is 1.62. The van der Waals surface area contributed by atoms with E-state index in [1.165, 1.54) is 18.2 Å². The van der Waals surface area contributed by atoms with Gasteiger partial charge in [0.15, 0.2) is 0 Å². The van der Waals surface area contributed by atoms with Crippen LogP contribution in [0.5, 0.6) is 0 Å². The SMILES string of the molecule is O=C(ON1C(=O)c2ccccc2C1=O)C(Sc1ccc(F)cc1F)c1ccccc1. The van der Waals surface area contributed by atoms with Gasteiger partial charge in [0, 0.05) is 11.0 Å². The van der Waals surface area contributed by atoms with Crippen molar-refractivity contribution < 1.29 is 28.0 Å². The molecule has 1 atom stereocenters. The van der Waals surface area contributed by atoms with Crippen LogP contribution in [-0.2, 0) is 9.63 Å². The molecule has 0 bridgehead atoms. The summed E-state index contributed by atoms with van der Waals surface area (Å²) in [6.07, 6.45) is 0. The maximum Gasteiger partial charge on any atom is 0.350 e. The van der Waals surface area contributed by atoms with E-state index in [9.17, 15) is 23.2 Å². The van der Waals surface area contributed by atoms with Crippen molar-refractivity contribution in [2.45, 2.75) is 10.1 Å². The highest BCUT2D eigenvalue weighted by Crippen LogP contribution is 2.38. The van der Waals surface area contributed by atoms with E-state index in [0.717, 1.165) is 17.8 Å². The van der Waals surface area contributed by atoms with E-state index < -0.39 is 34.7 Å². The summed E-state index contributed by atoms with van der Waals surface area (Å²) in [4.78, 5) is 43.0. The van der Waals surface area contributed by atoms with Crippen molar-refractivity contribution in [3.8, 4) is 0 Å². The number of fused-ring (bicyclic) bond motifs is 1. The van der Waals surface area contributed by atoms with Crippen LogP contribution < -0.4 is 0 Å². The minimum atomic E-state index is -1.10. The Kier molecular flexibility index (Phi) is 5.33. The van der Waals surface area contributed by atoms with E-state index in [0.29, 0.717) is 16.7 Å². The molecule has 5 nitrogen and oxygen atoms in total. The number of hydrogen-bond acceptors (Lipinski definition) is 5. The van der Waals surface area contributed by atoms with Crippen LogP contribution in [0.2, 0.25) is 0 Å². The van der Waals surface area contributed by atoms with Gasteiger partial charge in [-0.3, -0.25) is 9.59 Å². The topological polar surface area (TPSA) is 63.7 Å². The molecule has 1 aliphatic rings. The summed E-state index contributed by atoms with van der Waals surface area (Å²) in [7, 11) is 0. The molecule has 3 aromatic rings. The Hall–Kier alpha value is -3.52. The Morgan fingerprint density at radius 1 is 0.867 bits per heavy atom. The fraction of sp³-hybridized carbons (Fsp3) is 0.0455. The van der Waals surface area contributed by atoms with Gasteiger partial charge in [0.25, 0.3) is 11.8 Å². The van der Waals surface area contributed by atoms with Gasteiger partial charge in [0.1, 0.15) is 16.9 Å². The van der Waals surface area contributed by atoms with Gasteiger partial charge in [0.05, 0.1) is 11.1 Å². The van der Waals surface area contributed by atoms with Crippen molar-refractivity contribution in [1.82, 2.24) is 5.06 Å². The molecule has 0 aliphatic carbocycles. The summed E-state index contributed by atoms with van der Waals surface area (Å²) < 4.78 is 27.4. The first-order chi connectivity index (χ1) is 14.5. The average molecular weight is 425 g/mol. The van der Waals surface area contributed by atoms with E-state index in [-0.39, 0.29) is 16.0 Å². The fourth-order valence-corrected chi connectivity index (χ4v) is 3.97. The summed E-state index contributed by atoms with van der Waals surface area (Å²) >= 11 is 0.789. The molecule has 0 radical (unpaired) electrons. The van der Waals surface area contributed by atoms with Crippen molar-refractivity contribution in [2.24, 2.45) is 0 Å². The zero-order chi connectivity index (χ0) is 21.3. The molecule has 0 aromatic heterocycles. The molecule has 30 heavy (non-hydrogen) atoms. The fourth-order valence-electron chi connectivity index (χ4n) is 2.97. The lowest BCUT2D eigenvalue weighted by Gasteiger charge is -2.19. The van der Waals surface area contributed by atoms with E-state index in [4.69, 9.17) is 4.84 Å². The minimum absolute atomic E-state index is 0.0181. The molecule has 0 fully saturated rings. The number of hydroxylamine groups is 2. The molecule has 1 aliphatic heterocycles. The van der Waals surface area contributed by atoms with Crippen LogP contribution in [0.4, 0.5) is 8.78 Å². The Labute approximate surface area is 174 Å². The lowest BCUT2D eigenvalue weighted by molar-refractivity contribution is -0.167. The van der Waals surface area contributed by atoms with Crippen molar-refractivity contribution in [1.29, 1.82) is 0 Å². The smallest absolute Gasteiger partial charge is 0.328 e. The summed E-state index contributed by atoms with van der Waals surface area (Å²) in [5, 5.41) is -0.694. The van der Waals surface area contributed by atoms with E-state index in [1.54, 1.807) is 42.5 Å². The number of halogens is 2. The first kappa shape index (κ1) is 19.8. The summed E-state index contributed by atoms with van der Waals surface area (Å²) in [5.74, 6) is -4.04. The third kappa shape index (κ3) is 3.69. The highest BCUT2D eigenvalue weighted by molar-refractivity contribution is 8.00. The maximum absolute atomic E-state index is 14.2. The summed E-state index contributed by atoms with van der Waals surface area (Å²) in [5.41, 5.74) is 0.723. The van der Waals surface area contributed by atoms with Gasteiger partial charge in [-0.1, -0.05) is 47.5 Å². The third-order valence-electron chi connectivity index (χ3n) is 4.39. The Bertz CT molecular complexity index is 1120. The molecule has 4 rings (SSSR count). The lowest BCUT2D eigenvalue weighted by Crippen LogP contribution is -2.34. The number of nitrogens with zero attached hydrogens (tertiary/aromatic N) is 1. The third-order valence-corrected chi connectivity index (χ3v) is 5.68. The molecule has 0 N–H and O–H groups in total. The molecule has 0 saturated carbocycles. The number of amides is 2. The highest BCUT2D eigenvalue weighted by Gasteiger charge is 2.40. The number of rotatable bonds is 5. The monoisotopic (exact) mass is 425 g/mol. The van der Waals surface area contributed by atoms with Gasteiger partial charge in [-0.05, 0) is 29.8 Å². The van der Waals surface area contributed by atoms with Crippen LogP contribution in [0.25, 0.3) is 0 Å². The van der Waals surface area contributed by atoms with Crippen molar-refractivity contribution in [3.63, 3.8) is 0 Å². The predicted octanol–water partition coefficient (Wildman–Crippen LogP) is 4.55. The van der Waals surface area contributed by atoms with Crippen LogP contribution in [0.15, 0.2) is 77.7 Å². The van der Waals surface area contributed by atoms with Crippen LogP contribution in [0.3, 0.4) is 0 Å². The number of hydrogen-bond donors (Lipinski definition) is 0. The summed E-state index contributed by atoms with van der Waals surface area (Å²) in [6.45, 7) is 0. The highest BCUT2D eigenvalue weighted by atomic mass is 32.2. The molecule has 150 valence electrons. The van der Waals surface area contributed by atoms with E-state index in [2.05, 4.69) is 0 Å². The van der Waals surface area contributed by atoms with Crippen LogP contribution in [0, 0.1) is 11.6 Å². The number of carbonyl (C=O) groups is 3. The Morgan fingerprint density at radius 2 is 1.47 bits per heavy atom. The molecule has 2 amide bonds. The van der Waals surface area contributed by atoms with Gasteiger partial charge in [-0.25, -0.2) is 13.6 Å². The quantitative estimate of drug-likeness (QED) is 0.443. The van der Waals surface area contributed by atoms with Crippen molar-refractivity contribution in [2.75, 3.05) is 0 Å². The predicted molar refractivity (Wildman–Crippen MR) is 104 cm³/mol. The largest absolute Gasteiger partial charge is 0.350 e. The number of imide groups is 1. The second-order valence-corrected chi connectivity index (χ2v) is 7.49. The number of benzene rings is 3. The molecular weight excluding hydrogens is 412 g/mol. The Morgan fingerprint density at radius 3 is 2.07 bits per heavy atom. The first-order valence-corrected chi connectivity index (χ1v) is 9.70. The standard InChI is InChI=1S/C22H13F2NO4S/c23-14-10-11-18(17(24)12-14)30-19(13-6-2-1-3-7-13)22(28)29-25-20(26)15-8-4-5-9-16(15)21(25)27/h1-12,19H. The molecule has 3 aromatic carbocycles. The van der Waals surface area contributed by atoms with Gasteiger partial charge in [-0.15, -0.1) is 11.8 Å². The van der Waals surface area contributed by atoms with Crippen LogP contribution in [-0.4, -0.2) is 22.8 Å². The zero-order valence-electron chi connectivity index (χ0n) is 15.2. The zero-order valence-corrected chi connectivity index (χ0v) is 16.1. The van der Waals surface area contributed by atoms with Crippen LogP contribution in [0.1, 0.15) is 31.5 Å². The number of carbonyl (C=O) groups excluding carboxylic acids is 3.